The summed E-state index contributed by atoms with van der Waals surface area (Å²) in [7, 11) is 0. The predicted octanol–water partition coefficient (Wildman–Crippen LogP) is 10.1. The summed E-state index contributed by atoms with van der Waals surface area (Å²) >= 11 is 0. The van der Waals surface area contributed by atoms with Crippen molar-refractivity contribution >= 4 is 11.9 Å². The highest BCUT2D eigenvalue weighted by Crippen LogP contribution is 2.25. The normalized spacial score (nSPS) is 13.9. The van der Waals surface area contributed by atoms with Crippen LogP contribution in [0.2, 0.25) is 0 Å². The van der Waals surface area contributed by atoms with Crippen LogP contribution in [0.4, 0.5) is 0 Å². The molecule has 0 spiro atoms. The Kier molecular flexibility index (Phi) is 24.5. The topological polar surface area (TPSA) is 52.6 Å². The molecule has 0 aromatic carbocycles. The molecule has 3 atom stereocenters. The van der Waals surface area contributed by atoms with Gasteiger partial charge in [-0.1, -0.05) is 125 Å². The van der Waals surface area contributed by atoms with Gasteiger partial charge < -0.3 is 9.47 Å². The van der Waals surface area contributed by atoms with Crippen LogP contribution >= 0.6 is 0 Å². The molecular weight excluding hydrogens is 460 g/mol. The number of hydrogen-bond donors (Lipinski definition) is 0. The average Bonchev–Trinajstić information content (AvgIpc) is 2.89. The van der Waals surface area contributed by atoms with Crippen molar-refractivity contribution in [3.8, 4) is 0 Å². The van der Waals surface area contributed by atoms with E-state index in [1.165, 1.54) is 77.0 Å². The van der Waals surface area contributed by atoms with E-state index in [1.807, 2.05) is 0 Å². The highest BCUT2D eigenvalue weighted by molar-refractivity contribution is 5.69. The largest absolute Gasteiger partial charge is 0.465 e. The summed E-state index contributed by atoms with van der Waals surface area (Å²) in [5, 5.41) is 0. The van der Waals surface area contributed by atoms with Crippen molar-refractivity contribution in [2.75, 3.05) is 13.2 Å². The minimum Gasteiger partial charge on any atom is -0.465 e. The Morgan fingerprint density at radius 3 is 1.46 bits per heavy atom. The minimum absolute atomic E-state index is 0.00819. The van der Waals surface area contributed by atoms with E-state index < -0.39 is 0 Å². The van der Waals surface area contributed by atoms with E-state index in [9.17, 15) is 9.59 Å². The third-order valence-corrected chi connectivity index (χ3v) is 8.16. The van der Waals surface area contributed by atoms with Gasteiger partial charge in [0.25, 0.3) is 0 Å². The summed E-state index contributed by atoms with van der Waals surface area (Å²) in [5.41, 5.74) is 0. The molecule has 0 aromatic rings. The molecule has 0 aliphatic heterocycles. The Morgan fingerprint density at radius 2 is 1.00 bits per heavy atom. The Balaban J connectivity index is 3.83. The first-order valence-corrected chi connectivity index (χ1v) is 16.2. The lowest BCUT2D eigenvalue weighted by atomic mass is 9.86. The molecule has 0 bridgehead atoms. The van der Waals surface area contributed by atoms with Crippen LogP contribution in [0.15, 0.2) is 0 Å². The zero-order valence-electron chi connectivity index (χ0n) is 25.8. The van der Waals surface area contributed by atoms with Gasteiger partial charge >= 0.3 is 11.9 Å². The van der Waals surface area contributed by atoms with E-state index in [0.29, 0.717) is 49.7 Å². The smallest absolute Gasteiger partial charge is 0.305 e. The highest BCUT2D eigenvalue weighted by Gasteiger charge is 2.17. The number of ether oxygens (including phenoxy) is 2. The summed E-state index contributed by atoms with van der Waals surface area (Å²) in [6.45, 7) is 14.6. The second-order valence-electron chi connectivity index (χ2n) is 11.8. The van der Waals surface area contributed by atoms with Crippen molar-refractivity contribution in [2.45, 2.75) is 164 Å². The van der Waals surface area contributed by atoms with Gasteiger partial charge in [0.05, 0.1) is 13.2 Å². The monoisotopic (exact) mass is 524 g/mol. The molecule has 0 aliphatic carbocycles. The van der Waals surface area contributed by atoms with Crippen molar-refractivity contribution in [3.63, 3.8) is 0 Å². The summed E-state index contributed by atoms with van der Waals surface area (Å²) in [6, 6.07) is 0. The van der Waals surface area contributed by atoms with E-state index in [-0.39, 0.29) is 11.9 Å². The molecule has 0 heterocycles. The SMILES string of the molecule is CCCCC(CC)COC(=O)CCCCCCCCCC(CCC(=O)OCC(CC)CCCC)C(C)C. The van der Waals surface area contributed by atoms with E-state index >= 15 is 0 Å². The molecule has 0 saturated heterocycles. The number of rotatable bonds is 26. The van der Waals surface area contributed by atoms with Crippen molar-refractivity contribution in [1.29, 1.82) is 0 Å². The quantitative estimate of drug-likeness (QED) is 0.0834. The lowest BCUT2D eigenvalue weighted by Crippen LogP contribution is -2.16. The first kappa shape index (κ1) is 35.9. The number of carbonyl (C=O) groups is 2. The first-order valence-electron chi connectivity index (χ1n) is 16.2. The maximum Gasteiger partial charge on any atom is 0.305 e. The molecule has 0 aromatic heterocycles. The Morgan fingerprint density at radius 1 is 0.541 bits per heavy atom. The number of esters is 2. The standard InChI is InChI=1S/C33H64O4/c1-7-11-20-29(9-3)26-36-32(34)23-19-17-15-13-14-16-18-22-31(28(5)6)24-25-33(35)37-27-30(10-4)21-12-8-2/h28-31H,7-27H2,1-6H3. The highest BCUT2D eigenvalue weighted by atomic mass is 16.5. The molecule has 4 heteroatoms. The fourth-order valence-electron chi connectivity index (χ4n) is 5.04. The van der Waals surface area contributed by atoms with Crippen LogP contribution in [-0.2, 0) is 19.1 Å². The molecule has 0 saturated carbocycles. The van der Waals surface area contributed by atoms with E-state index in [4.69, 9.17) is 9.47 Å². The van der Waals surface area contributed by atoms with Gasteiger partial charge in [-0.05, 0) is 49.4 Å². The average molecular weight is 525 g/mol. The van der Waals surface area contributed by atoms with Gasteiger partial charge in [-0.3, -0.25) is 9.59 Å². The van der Waals surface area contributed by atoms with Crippen LogP contribution in [0.25, 0.3) is 0 Å². The summed E-state index contributed by atoms with van der Waals surface area (Å²) < 4.78 is 11.1. The molecule has 3 unspecified atom stereocenters. The van der Waals surface area contributed by atoms with Crippen molar-refractivity contribution in [1.82, 2.24) is 0 Å². The van der Waals surface area contributed by atoms with Gasteiger partial charge in [0.1, 0.15) is 0 Å². The van der Waals surface area contributed by atoms with Crippen LogP contribution in [0.3, 0.4) is 0 Å². The Labute approximate surface area is 231 Å². The van der Waals surface area contributed by atoms with Crippen LogP contribution in [-0.4, -0.2) is 25.2 Å². The Hall–Kier alpha value is -1.06. The van der Waals surface area contributed by atoms with E-state index in [1.54, 1.807) is 0 Å². The van der Waals surface area contributed by atoms with Crippen molar-refractivity contribution in [3.05, 3.63) is 0 Å². The van der Waals surface area contributed by atoms with Gasteiger partial charge in [0.15, 0.2) is 0 Å². The third-order valence-electron chi connectivity index (χ3n) is 8.16. The lowest BCUT2D eigenvalue weighted by molar-refractivity contribution is -0.146. The summed E-state index contributed by atoms with van der Waals surface area (Å²) in [5.74, 6) is 2.25. The molecule has 0 fully saturated rings. The fourth-order valence-corrected chi connectivity index (χ4v) is 5.04. The zero-order chi connectivity index (χ0) is 27.7. The van der Waals surface area contributed by atoms with Gasteiger partial charge in [-0.2, -0.15) is 0 Å². The van der Waals surface area contributed by atoms with Gasteiger partial charge in [0.2, 0.25) is 0 Å². The van der Waals surface area contributed by atoms with Gasteiger partial charge in [0, 0.05) is 12.8 Å². The lowest BCUT2D eigenvalue weighted by Gasteiger charge is -2.21. The number of carbonyl (C=O) groups excluding carboxylic acids is 2. The minimum atomic E-state index is -0.0137. The molecular formula is C33H64O4. The first-order chi connectivity index (χ1) is 17.9. The summed E-state index contributed by atoms with van der Waals surface area (Å²) in [6.07, 6.45) is 21.0. The van der Waals surface area contributed by atoms with Gasteiger partial charge in [-0.15, -0.1) is 0 Å². The second-order valence-corrected chi connectivity index (χ2v) is 11.8. The van der Waals surface area contributed by atoms with Crippen LogP contribution in [0.1, 0.15) is 164 Å². The molecule has 4 nitrogen and oxygen atoms in total. The van der Waals surface area contributed by atoms with Gasteiger partial charge in [-0.25, -0.2) is 0 Å². The number of unbranched alkanes of at least 4 members (excludes halogenated alkanes) is 8. The maximum atomic E-state index is 12.3. The summed E-state index contributed by atoms with van der Waals surface area (Å²) in [4.78, 5) is 24.3. The van der Waals surface area contributed by atoms with E-state index in [0.717, 1.165) is 32.1 Å². The molecule has 0 N–H and O–H groups in total. The van der Waals surface area contributed by atoms with E-state index in [2.05, 4.69) is 41.5 Å². The van der Waals surface area contributed by atoms with Crippen LogP contribution < -0.4 is 0 Å². The maximum absolute atomic E-state index is 12.3. The third kappa shape index (κ3) is 21.6. The molecule has 0 rings (SSSR count). The van der Waals surface area contributed by atoms with Crippen LogP contribution in [0, 0.1) is 23.7 Å². The molecule has 220 valence electrons. The predicted molar refractivity (Wildman–Crippen MR) is 158 cm³/mol. The van der Waals surface area contributed by atoms with Crippen molar-refractivity contribution < 1.29 is 19.1 Å². The van der Waals surface area contributed by atoms with Crippen LogP contribution in [0.5, 0.6) is 0 Å². The zero-order valence-corrected chi connectivity index (χ0v) is 25.8. The molecule has 37 heavy (non-hydrogen) atoms. The molecule has 0 aliphatic rings. The number of hydrogen-bond acceptors (Lipinski definition) is 4. The second kappa shape index (κ2) is 25.2. The fraction of sp³-hybridized carbons (Fsp3) is 0.939. The molecule has 0 radical (unpaired) electrons. The van der Waals surface area contributed by atoms with Crippen molar-refractivity contribution in [2.24, 2.45) is 23.7 Å². The molecule has 0 amide bonds. The Bertz CT molecular complexity index is 530.